The fourth-order valence-electron chi connectivity index (χ4n) is 3.61. The summed E-state index contributed by atoms with van der Waals surface area (Å²) in [7, 11) is -3.99. The van der Waals surface area contributed by atoms with Crippen molar-refractivity contribution < 1.29 is 18.0 Å². The SMILES string of the molecule is Cc1ccc(C(=O)c2cccn2C/C=C/c2ccccc2C(=O)NS(=O)(=O)c2ccccc2)cc1. The topological polar surface area (TPSA) is 85.2 Å². The van der Waals surface area contributed by atoms with Gasteiger partial charge >= 0.3 is 0 Å². The van der Waals surface area contributed by atoms with Gasteiger partial charge in [-0.25, -0.2) is 13.1 Å². The van der Waals surface area contributed by atoms with Gasteiger partial charge < -0.3 is 4.57 Å². The van der Waals surface area contributed by atoms with Gasteiger partial charge in [0.15, 0.2) is 0 Å². The van der Waals surface area contributed by atoms with Crippen LogP contribution in [0.4, 0.5) is 0 Å². The summed E-state index contributed by atoms with van der Waals surface area (Å²) in [6.07, 6.45) is 5.38. The van der Waals surface area contributed by atoms with Crippen molar-refractivity contribution in [1.29, 1.82) is 0 Å². The molecule has 0 fully saturated rings. The molecular formula is C28H24N2O4S. The molecule has 1 aromatic heterocycles. The number of allylic oxidation sites excluding steroid dienone is 1. The highest BCUT2D eigenvalue weighted by atomic mass is 32.2. The number of sulfonamides is 1. The van der Waals surface area contributed by atoms with Crippen LogP contribution in [0.2, 0.25) is 0 Å². The molecule has 1 amide bonds. The Morgan fingerprint density at radius 2 is 1.54 bits per heavy atom. The molecule has 0 atom stereocenters. The Morgan fingerprint density at radius 3 is 2.29 bits per heavy atom. The second-order valence-corrected chi connectivity index (χ2v) is 9.66. The molecule has 1 N–H and O–H groups in total. The van der Waals surface area contributed by atoms with Crippen LogP contribution >= 0.6 is 0 Å². The summed E-state index contributed by atoms with van der Waals surface area (Å²) in [5.74, 6) is -0.792. The minimum absolute atomic E-state index is 0.0137. The van der Waals surface area contributed by atoms with Gasteiger partial charge in [-0.1, -0.05) is 78.4 Å². The minimum Gasteiger partial charge on any atom is -0.341 e. The van der Waals surface area contributed by atoms with Crippen molar-refractivity contribution in [2.24, 2.45) is 0 Å². The predicted molar refractivity (Wildman–Crippen MR) is 136 cm³/mol. The number of carbonyl (C=O) groups is 2. The third-order valence-corrected chi connectivity index (χ3v) is 6.81. The molecule has 0 aliphatic carbocycles. The van der Waals surface area contributed by atoms with Crippen LogP contribution in [0.5, 0.6) is 0 Å². The van der Waals surface area contributed by atoms with Crippen molar-refractivity contribution in [3.8, 4) is 0 Å². The number of benzene rings is 3. The van der Waals surface area contributed by atoms with Crippen molar-refractivity contribution in [2.75, 3.05) is 0 Å². The molecule has 0 aliphatic heterocycles. The zero-order valence-corrected chi connectivity index (χ0v) is 19.9. The highest BCUT2D eigenvalue weighted by Crippen LogP contribution is 2.15. The van der Waals surface area contributed by atoms with Gasteiger partial charge in [-0.3, -0.25) is 9.59 Å². The fraction of sp³-hybridized carbons (Fsp3) is 0.0714. The van der Waals surface area contributed by atoms with E-state index in [1.807, 2.05) is 54.1 Å². The summed E-state index contributed by atoms with van der Waals surface area (Å²) in [5, 5.41) is 0. The first-order valence-electron chi connectivity index (χ1n) is 11.0. The number of hydrogen-bond acceptors (Lipinski definition) is 4. The van der Waals surface area contributed by atoms with Crippen LogP contribution in [-0.4, -0.2) is 24.7 Å². The quantitative estimate of drug-likeness (QED) is 0.362. The first-order valence-corrected chi connectivity index (χ1v) is 12.5. The molecule has 176 valence electrons. The van der Waals surface area contributed by atoms with E-state index >= 15 is 0 Å². The average Bonchev–Trinajstić information content (AvgIpc) is 3.33. The third kappa shape index (κ3) is 5.65. The summed E-state index contributed by atoms with van der Waals surface area (Å²) in [6, 6.07) is 25.5. The lowest BCUT2D eigenvalue weighted by Crippen LogP contribution is -2.31. The number of carbonyl (C=O) groups excluding carboxylic acids is 2. The lowest BCUT2D eigenvalue weighted by atomic mass is 10.1. The Labute approximate surface area is 204 Å². The summed E-state index contributed by atoms with van der Waals surface area (Å²) < 4.78 is 29.0. The lowest BCUT2D eigenvalue weighted by Gasteiger charge is -2.09. The van der Waals surface area contributed by atoms with E-state index in [2.05, 4.69) is 4.72 Å². The van der Waals surface area contributed by atoms with Crippen molar-refractivity contribution >= 4 is 27.8 Å². The first-order chi connectivity index (χ1) is 16.8. The molecule has 0 saturated heterocycles. The Hall–Kier alpha value is -4.23. The second-order valence-electron chi connectivity index (χ2n) is 7.98. The zero-order valence-electron chi connectivity index (χ0n) is 19.1. The van der Waals surface area contributed by atoms with E-state index in [0.717, 1.165) is 5.56 Å². The molecule has 0 unspecified atom stereocenters. The first kappa shape index (κ1) is 23.9. The van der Waals surface area contributed by atoms with E-state index in [-0.39, 0.29) is 16.2 Å². The smallest absolute Gasteiger partial charge is 0.265 e. The number of ketones is 1. The lowest BCUT2D eigenvalue weighted by molar-refractivity contribution is 0.0980. The van der Waals surface area contributed by atoms with Gasteiger partial charge in [-0.05, 0) is 42.8 Å². The second kappa shape index (κ2) is 10.4. The Morgan fingerprint density at radius 1 is 0.857 bits per heavy atom. The van der Waals surface area contributed by atoms with Gasteiger partial charge in [0.2, 0.25) is 5.78 Å². The van der Waals surface area contributed by atoms with Crippen molar-refractivity contribution in [1.82, 2.24) is 9.29 Å². The molecular weight excluding hydrogens is 460 g/mol. The maximum absolute atomic E-state index is 12.9. The Bertz CT molecular complexity index is 1490. The Balaban J connectivity index is 1.50. The van der Waals surface area contributed by atoms with Gasteiger partial charge in [0.25, 0.3) is 15.9 Å². The number of hydrogen-bond donors (Lipinski definition) is 1. The number of aryl methyl sites for hydroxylation is 1. The van der Waals surface area contributed by atoms with Crippen LogP contribution in [0.1, 0.15) is 37.5 Å². The monoisotopic (exact) mass is 484 g/mol. The molecule has 0 saturated carbocycles. The highest BCUT2D eigenvalue weighted by Gasteiger charge is 2.19. The number of nitrogens with zero attached hydrogens (tertiary/aromatic N) is 1. The van der Waals surface area contributed by atoms with Gasteiger partial charge in [0.05, 0.1) is 10.6 Å². The average molecular weight is 485 g/mol. The maximum Gasteiger partial charge on any atom is 0.265 e. The molecule has 7 heteroatoms. The normalized spacial score (nSPS) is 11.5. The number of aromatic nitrogens is 1. The molecule has 1 heterocycles. The third-order valence-electron chi connectivity index (χ3n) is 5.46. The molecule has 0 bridgehead atoms. The van der Waals surface area contributed by atoms with Gasteiger partial charge in [-0.15, -0.1) is 0 Å². The molecule has 4 aromatic rings. The van der Waals surface area contributed by atoms with E-state index in [1.54, 1.807) is 54.6 Å². The van der Waals surface area contributed by atoms with Crippen LogP contribution in [-0.2, 0) is 16.6 Å². The summed E-state index contributed by atoms with van der Waals surface area (Å²) >= 11 is 0. The molecule has 6 nitrogen and oxygen atoms in total. The van der Waals surface area contributed by atoms with Crippen LogP contribution < -0.4 is 4.72 Å². The molecule has 4 rings (SSSR count). The van der Waals surface area contributed by atoms with Crippen LogP contribution in [0.3, 0.4) is 0 Å². The molecule has 0 aliphatic rings. The summed E-state index contributed by atoms with van der Waals surface area (Å²) in [4.78, 5) is 25.7. The molecule has 3 aromatic carbocycles. The van der Waals surface area contributed by atoms with E-state index in [1.165, 1.54) is 12.1 Å². The molecule has 0 spiro atoms. The predicted octanol–water partition coefficient (Wildman–Crippen LogP) is 4.86. The van der Waals surface area contributed by atoms with Gasteiger partial charge in [-0.2, -0.15) is 0 Å². The van der Waals surface area contributed by atoms with Crippen molar-refractivity contribution in [3.05, 3.63) is 131 Å². The minimum atomic E-state index is -3.99. The molecule has 0 radical (unpaired) electrons. The summed E-state index contributed by atoms with van der Waals surface area (Å²) in [5.41, 5.74) is 3.04. The number of amides is 1. The van der Waals surface area contributed by atoms with Crippen LogP contribution in [0.25, 0.3) is 6.08 Å². The molecule has 35 heavy (non-hydrogen) atoms. The largest absolute Gasteiger partial charge is 0.341 e. The van der Waals surface area contributed by atoms with Crippen molar-refractivity contribution in [3.63, 3.8) is 0 Å². The standard InChI is InChI=1S/C28H24N2O4S/c1-21-15-17-23(18-16-21)27(31)26-14-8-20-30(26)19-7-10-22-9-5-6-13-25(22)28(32)29-35(33,34)24-11-3-2-4-12-24/h2-18,20H,19H2,1H3,(H,29,32)/b10-7+. The maximum atomic E-state index is 12.9. The van der Waals surface area contributed by atoms with Gasteiger partial charge in [0.1, 0.15) is 0 Å². The highest BCUT2D eigenvalue weighted by molar-refractivity contribution is 7.90. The van der Waals surface area contributed by atoms with Crippen molar-refractivity contribution in [2.45, 2.75) is 18.4 Å². The van der Waals surface area contributed by atoms with E-state index in [9.17, 15) is 18.0 Å². The van der Waals surface area contributed by atoms with Crippen LogP contribution in [0, 0.1) is 6.92 Å². The van der Waals surface area contributed by atoms with E-state index in [4.69, 9.17) is 0 Å². The Kier molecular flexibility index (Phi) is 7.08. The van der Waals surface area contributed by atoms with E-state index in [0.29, 0.717) is 23.4 Å². The number of nitrogens with one attached hydrogen (secondary N) is 1. The van der Waals surface area contributed by atoms with E-state index < -0.39 is 15.9 Å². The summed E-state index contributed by atoms with van der Waals surface area (Å²) in [6.45, 7) is 2.37. The van der Waals surface area contributed by atoms with Gasteiger partial charge in [0, 0.05) is 23.9 Å². The zero-order chi connectivity index (χ0) is 24.8. The number of rotatable bonds is 8. The fourth-order valence-corrected chi connectivity index (χ4v) is 4.60. The van der Waals surface area contributed by atoms with Crippen LogP contribution in [0.15, 0.2) is 108 Å².